The first-order chi connectivity index (χ1) is 16.9. The van der Waals surface area contributed by atoms with E-state index >= 15 is 0 Å². The van der Waals surface area contributed by atoms with Crippen LogP contribution in [0.5, 0.6) is 0 Å². The number of hydrogen-bond acceptors (Lipinski definition) is 5. The number of ether oxygens (including phenoxy) is 2. The second-order valence-corrected chi connectivity index (χ2v) is 8.94. The first-order valence-corrected chi connectivity index (χ1v) is 12.0. The summed E-state index contributed by atoms with van der Waals surface area (Å²) in [5.74, 6) is -1.25. The smallest absolute Gasteiger partial charge is 0.407 e. The molecule has 0 saturated heterocycles. The van der Waals surface area contributed by atoms with Crippen LogP contribution in [0.1, 0.15) is 49.7 Å². The Balaban J connectivity index is 1.57. The maximum atomic E-state index is 12.8. The lowest BCUT2D eigenvalue weighted by Crippen LogP contribution is -2.48. The summed E-state index contributed by atoms with van der Waals surface area (Å²) in [5, 5.41) is 14.3. The second-order valence-electron chi connectivity index (χ2n) is 8.94. The van der Waals surface area contributed by atoms with Crippen LogP contribution in [0.25, 0.3) is 11.1 Å². The Labute approximate surface area is 206 Å². The Morgan fingerprint density at radius 1 is 1.00 bits per heavy atom. The van der Waals surface area contributed by atoms with E-state index < -0.39 is 18.1 Å². The number of alkyl carbamates (subject to hydrolysis) is 1. The lowest BCUT2D eigenvalue weighted by Gasteiger charge is -2.21. The van der Waals surface area contributed by atoms with Crippen molar-refractivity contribution in [3.63, 3.8) is 0 Å². The van der Waals surface area contributed by atoms with E-state index in [1.54, 1.807) is 7.11 Å². The predicted octanol–water partition coefficient (Wildman–Crippen LogP) is 3.94. The van der Waals surface area contributed by atoms with Crippen LogP contribution in [0, 0.1) is 5.92 Å². The van der Waals surface area contributed by atoms with Gasteiger partial charge in [0.25, 0.3) is 0 Å². The van der Waals surface area contributed by atoms with Crippen molar-refractivity contribution >= 4 is 18.0 Å². The summed E-state index contributed by atoms with van der Waals surface area (Å²) < 4.78 is 10.7. The number of carbonyl (C=O) groups excluding carboxylic acids is 2. The molecule has 3 rings (SSSR count). The van der Waals surface area contributed by atoms with Crippen molar-refractivity contribution in [2.24, 2.45) is 5.92 Å². The molecule has 8 nitrogen and oxygen atoms in total. The Morgan fingerprint density at radius 2 is 1.63 bits per heavy atom. The van der Waals surface area contributed by atoms with Crippen LogP contribution in [0.3, 0.4) is 0 Å². The minimum atomic E-state index is -0.863. The Bertz CT molecular complexity index is 979. The highest BCUT2D eigenvalue weighted by Crippen LogP contribution is 2.44. The lowest BCUT2D eigenvalue weighted by molar-refractivity contribution is -0.137. The minimum absolute atomic E-state index is 0.00382. The van der Waals surface area contributed by atoms with Crippen molar-refractivity contribution in [1.29, 1.82) is 0 Å². The number of carboxylic acids is 1. The SMILES string of the molecule is COCCCC(NC(=O)OCC1c2ccccc2-c2ccccc21)C(=O)NCC(C)CCC(=O)O. The molecular weight excluding hydrogens is 448 g/mol. The Kier molecular flexibility index (Phi) is 9.66. The molecule has 188 valence electrons. The van der Waals surface area contributed by atoms with Crippen molar-refractivity contribution in [3.05, 3.63) is 59.7 Å². The number of nitrogens with one attached hydrogen (secondary N) is 2. The minimum Gasteiger partial charge on any atom is -0.481 e. The molecule has 2 unspecified atom stereocenters. The van der Waals surface area contributed by atoms with Crippen LogP contribution < -0.4 is 10.6 Å². The molecule has 1 aliphatic carbocycles. The Hall–Kier alpha value is -3.39. The van der Waals surface area contributed by atoms with Crippen molar-refractivity contribution in [2.75, 3.05) is 26.9 Å². The summed E-state index contributed by atoms with van der Waals surface area (Å²) in [6.45, 7) is 2.84. The molecule has 2 amide bonds. The maximum Gasteiger partial charge on any atom is 0.407 e. The molecular formula is C27H34N2O6. The van der Waals surface area contributed by atoms with E-state index in [9.17, 15) is 14.4 Å². The van der Waals surface area contributed by atoms with E-state index in [-0.39, 0.29) is 30.8 Å². The van der Waals surface area contributed by atoms with E-state index in [1.807, 2.05) is 43.3 Å². The molecule has 0 saturated carbocycles. The maximum absolute atomic E-state index is 12.8. The fraction of sp³-hybridized carbons (Fsp3) is 0.444. The summed E-state index contributed by atoms with van der Waals surface area (Å²) in [5.41, 5.74) is 4.52. The summed E-state index contributed by atoms with van der Waals surface area (Å²) in [6.07, 6.45) is 0.847. The van der Waals surface area contributed by atoms with Gasteiger partial charge >= 0.3 is 12.1 Å². The van der Waals surface area contributed by atoms with Crippen LogP contribution in [0.2, 0.25) is 0 Å². The van der Waals surface area contributed by atoms with Gasteiger partial charge in [0, 0.05) is 32.6 Å². The third-order valence-corrected chi connectivity index (χ3v) is 6.27. The number of carbonyl (C=O) groups is 3. The average molecular weight is 483 g/mol. The van der Waals surface area contributed by atoms with E-state index in [1.165, 1.54) is 0 Å². The van der Waals surface area contributed by atoms with E-state index in [2.05, 4.69) is 22.8 Å². The van der Waals surface area contributed by atoms with Gasteiger partial charge in [-0.3, -0.25) is 9.59 Å². The van der Waals surface area contributed by atoms with E-state index in [0.717, 1.165) is 22.3 Å². The number of hydrogen-bond donors (Lipinski definition) is 3. The lowest BCUT2D eigenvalue weighted by atomic mass is 9.98. The highest BCUT2D eigenvalue weighted by Gasteiger charge is 2.29. The number of methoxy groups -OCH3 is 1. The quantitative estimate of drug-likeness (QED) is 0.373. The van der Waals surface area contributed by atoms with Gasteiger partial charge in [-0.25, -0.2) is 4.79 Å². The zero-order valence-corrected chi connectivity index (χ0v) is 20.3. The molecule has 0 bridgehead atoms. The summed E-state index contributed by atoms with van der Waals surface area (Å²) >= 11 is 0. The molecule has 0 radical (unpaired) electrons. The molecule has 0 aromatic heterocycles. The fourth-order valence-electron chi connectivity index (χ4n) is 4.35. The topological polar surface area (TPSA) is 114 Å². The van der Waals surface area contributed by atoms with Gasteiger partial charge in [0.05, 0.1) is 0 Å². The third kappa shape index (κ3) is 7.29. The van der Waals surface area contributed by atoms with Crippen molar-refractivity contribution in [2.45, 2.75) is 44.6 Å². The van der Waals surface area contributed by atoms with Gasteiger partial charge in [-0.15, -0.1) is 0 Å². The first-order valence-electron chi connectivity index (χ1n) is 12.0. The molecule has 8 heteroatoms. The molecule has 2 aromatic rings. The molecule has 0 heterocycles. The van der Waals surface area contributed by atoms with Gasteiger partial charge in [-0.1, -0.05) is 55.5 Å². The number of fused-ring (bicyclic) bond motifs is 3. The molecule has 0 spiro atoms. The predicted molar refractivity (Wildman–Crippen MR) is 132 cm³/mol. The van der Waals surface area contributed by atoms with Gasteiger partial charge in [-0.05, 0) is 47.4 Å². The van der Waals surface area contributed by atoms with Gasteiger partial charge in [0.15, 0.2) is 0 Å². The highest BCUT2D eigenvalue weighted by molar-refractivity contribution is 5.85. The van der Waals surface area contributed by atoms with Gasteiger partial charge in [0.2, 0.25) is 5.91 Å². The molecule has 35 heavy (non-hydrogen) atoms. The van der Waals surface area contributed by atoms with Crippen molar-refractivity contribution in [3.8, 4) is 11.1 Å². The number of carboxylic acid groups (broad SMARTS) is 1. The fourth-order valence-corrected chi connectivity index (χ4v) is 4.35. The summed E-state index contributed by atoms with van der Waals surface area (Å²) in [7, 11) is 1.58. The highest BCUT2D eigenvalue weighted by atomic mass is 16.5. The van der Waals surface area contributed by atoms with Crippen molar-refractivity contribution < 1.29 is 29.0 Å². The molecule has 2 aromatic carbocycles. The largest absolute Gasteiger partial charge is 0.481 e. The number of aliphatic carboxylic acids is 1. The van der Waals surface area contributed by atoms with Crippen LogP contribution >= 0.6 is 0 Å². The van der Waals surface area contributed by atoms with Gasteiger partial charge in [-0.2, -0.15) is 0 Å². The molecule has 0 aliphatic heterocycles. The van der Waals surface area contributed by atoms with Crippen LogP contribution in [0.15, 0.2) is 48.5 Å². The second kappa shape index (κ2) is 12.9. The van der Waals surface area contributed by atoms with Crippen molar-refractivity contribution in [1.82, 2.24) is 10.6 Å². The monoisotopic (exact) mass is 482 g/mol. The van der Waals surface area contributed by atoms with Gasteiger partial charge < -0.3 is 25.2 Å². The number of amides is 2. The molecule has 1 aliphatic rings. The summed E-state index contributed by atoms with van der Waals surface area (Å²) in [4.78, 5) is 36.2. The van der Waals surface area contributed by atoms with Crippen LogP contribution in [0.4, 0.5) is 4.79 Å². The number of benzene rings is 2. The van der Waals surface area contributed by atoms with E-state index in [4.69, 9.17) is 14.6 Å². The normalized spacial score (nSPS) is 13.9. The molecule has 2 atom stereocenters. The van der Waals surface area contributed by atoms with Crippen LogP contribution in [-0.2, 0) is 19.1 Å². The zero-order chi connectivity index (χ0) is 25.2. The molecule has 0 fully saturated rings. The third-order valence-electron chi connectivity index (χ3n) is 6.27. The zero-order valence-electron chi connectivity index (χ0n) is 20.3. The van der Waals surface area contributed by atoms with Crippen LogP contribution in [-0.4, -0.2) is 56.0 Å². The standard InChI is InChI=1S/C27H34N2O6/c1-18(13-14-25(30)31)16-28-26(32)24(12-7-15-34-2)29-27(33)35-17-23-21-10-5-3-8-19(21)20-9-4-6-11-22(20)23/h3-6,8-11,18,23-24H,7,12-17H2,1-2H3,(H,28,32)(H,29,33)(H,30,31). The Morgan fingerprint density at radius 3 is 2.23 bits per heavy atom. The number of rotatable bonds is 13. The van der Waals surface area contributed by atoms with E-state index in [0.29, 0.717) is 32.4 Å². The molecule has 3 N–H and O–H groups in total. The van der Waals surface area contributed by atoms with Gasteiger partial charge in [0.1, 0.15) is 12.6 Å². The first kappa shape index (κ1) is 26.2. The average Bonchev–Trinajstić information content (AvgIpc) is 3.18. The summed E-state index contributed by atoms with van der Waals surface area (Å²) in [6, 6.07) is 15.4.